The van der Waals surface area contributed by atoms with E-state index in [-0.39, 0.29) is 29.9 Å². The zero-order valence-electron chi connectivity index (χ0n) is 15.7. The van der Waals surface area contributed by atoms with Gasteiger partial charge in [-0.1, -0.05) is 5.16 Å². The third-order valence-electron chi connectivity index (χ3n) is 4.41. The maximum absolute atomic E-state index is 12.5. The van der Waals surface area contributed by atoms with Crippen LogP contribution in [0.15, 0.2) is 29.0 Å². The molecular formula is C18H24N6O3. The lowest BCUT2D eigenvalue weighted by atomic mass is 9.91. The number of nitrogens with zero attached hydrogens (tertiary/aromatic N) is 4. The van der Waals surface area contributed by atoms with Crippen molar-refractivity contribution >= 4 is 11.9 Å². The molecule has 3 rings (SSSR count). The fourth-order valence-corrected chi connectivity index (χ4v) is 3.11. The molecule has 1 aliphatic heterocycles. The molecule has 1 saturated heterocycles. The molecule has 9 heteroatoms. The van der Waals surface area contributed by atoms with E-state index in [0.717, 1.165) is 0 Å². The Kier molecular flexibility index (Phi) is 5.68. The van der Waals surface area contributed by atoms with Gasteiger partial charge in [-0.15, -0.1) is 0 Å². The average Bonchev–Trinajstić information content (AvgIpc) is 3.08. The van der Waals surface area contributed by atoms with E-state index < -0.39 is 0 Å². The van der Waals surface area contributed by atoms with Gasteiger partial charge in [0.2, 0.25) is 5.89 Å². The van der Waals surface area contributed by atoms with Crippen LogP contribution in [-0.2, 0) is 0 Å². The van der Waals surface area contributed by atoms with Gasteiger partial charge in [-0.3, -0.25) is 9.78 Å². The molecule has 1 aliphatic rings. The molecule has 0 saturated carbocycles. The van der Waals surface area contributed by atoms with Gasteiger partial charge in [-0.2, -0.15) is 4.98 Å². The molecule has 3 amide bonds. The Morgan fingerprint density at radius 1 is 1.37 bits per heavy atom. The molecule has 2 aromatic rings. The van der Waals surface area contributed by atoms with Gasteiger partial charge in [0.25, 0.3) is 5.91 Å². The van der Waals surface area contributed by atoms with Crippen molar-refractivity contribution in [2.75, 3.05) is 13.1 Å². The highest BCUT2D eigenvalue weighted by molar-refractivity contribution is 5.94. The Morgan fingerprint density at radius 2 is 2.19 bits per heavy atom. The Balaban J connectivity index is 1.76. The van der Waals surface area contributed by atoms with Crippen molar-refractivity contribution in [3.05, 3.63) is 41.8 Å². The molecule has 2 N–H and O–H groups in total. The summed E-state index contributed by atoms with van der Waals surface area (Å²) in [6.45, 7) is 6.48. The van der Waals surface area contributed by atoms with Crippen molar-refractivity contribution in [2.24, 2.45) is 0 Å². The minimum atomic E-state index is -0.279. The summed E-state index contributed by atoms with van der Waals surface area (Å²) in [7, 11) is 0. The van der Waals surface area contributed by atoms with Crippen LogP contribution in [0.25, 0.3) is 0 Å². The van der Waals surface area contributed by atoms with Gasteiger partial charge in [0.15, 0.2) is 5.82 Å². The first-order chi connectivity index (χ1) is 12.9. The number of likely N-dealkylation sites (tertiary alicyclic amines) is 1. The number of hydrogen-bond acceptors (Lipinski definition) is 6. The second-order valence-electron chi connectivity index (χ2n) is 6.95. The normalized spacial score (nSPS) is 19.8. The lowest BCUT2D eigenvalue weighted by Gasteiger charge is -2.37. The van der Waals surface area contributed by atoms with E-state index >= 15 is 0 Å². The lowest BCUT2D eigenvalue weighted by Crippen LogP contribution is -2.54. The summed E-state index contributed by atoms with van der Waals surface area (Å²) in [5.74, 6) is 0.449. The maximum Gasteiger partial charge on any atom is 0.317 e. The summed E-state index contributed by atoms with van der Waals surface area (Å²) >= 11 is 0. The molecule has 144 valence electrons. The molecule has 9 nitrogen and oxygen atoms in total. The first-order valence-corrected chi connectivity index (χ1v) is 9.00. The van der Waals surface area contributed by atoms with E-state index in [1.54, 1.807) is 30.2 Å². The van der Waals surface area contributed by atoms with Crippen LogP contribution in [0.3, 0.4) is 0 Å². The van der Waals surface area contributed by atoms with Crippen LogP contribution in [0.2, 0.25) is 0 Å². The van der Waals surface area contributed by atoms with Gasteiger partial charge in [0.1, 0.15) is 0 Å². The maximum atomic E-state index is 12.5. The van der Waals surface area contributed by atoms with E-state index in [1.165, 1.54) is 6.20 Å². The molecule has 0 aliphatic carbocycles. The zero-order chi connectivity index (χ0) is 19.4. The molecule has 0 bridgehead atoms. The second-order valence-corrected chi connectivity index (χ2v) is 6.95. The van der Waals surface area contributed by atoms with E-state index in [9.17, 15) is 9.59 Å². The fourth-order valence-electron chi connectivity index (χ4n) is 3.11. The predicted molar refractivity (Wildman–Crippen MR) is 97.1 cm³/mol. The molecular weight excluding hydrogens is 348 g/mol. The van der Waals surface area contributed by atoms with Crippen molar-refractivity contribution in [2.45, 2.75) is 45.2 Å². The number of piperidine rings is 1. The Labute approximate surface area is 157 Å². The third-order valence-corrected chi connectivity index (χ3v) is 4.41. The van der Waals surface area contributed by atoms with Gasteiger partial charge in [0, 0.05) is 37.6 Å². The third kappa shape index (κ3) is 4.60. The average molecular weight is 372 g/mol. The highest BCUT2D eigenvalue weighted by Crippen LogP contribution is 2.27. The van der Waals surface area contributed by atoms with Crippen LogP contribution in [0.4, 0.5) is 4.79 Å². The van der Waals surface area contributed by atoms with Crippen LogP contribution in [-0.4, -0.2) is 57.1 Å². The number of urea groups is 1. The number of carbonyl (C=O) groups excluding carboxylic acids is 2. The van der Waals surface area contributed by atoms with Crippen LogP contribution >= 0.6 is 0 Å². The van der Waals surface area contributed by atoms with Crippen LogP contribution in [0, 0.1) is 6.92 Å². The number of hydrogen-bond donors (Lipinski definition) is 2. The van der Waals surface area contributed by atoms with E-state index in [2.05, 4.69) is 25.8 Å². The second kappa shape index (κ2) is 8.15. The van der Waals surface area contributed by atoms with Crippen LogP contribution in [0.1, 0.15) is 48.3 Å². The molecule has 0 unspecified atom stereocenters. The van der Waals surface area contributed by atoms with Gasteiger partial charge in [0.05, 0.1) is 11.5 Å². The van der Waals surface area contributed by atoms with Crippen LogP contribution < -0.4 is 10.6 Å². The minimum absolute atomic E-state index is 0.0459. The van der Waals surface area contributed by atoms with Crippen molar-refractivity contribution in [3.8, 4) is 0 Å². The SMILES string of the molecule is Cc1noc([C@H]2CN(C(=O)NC(C)C)CC[C@H]2NC(=O)c2cccnc2)n1. The van der Waals surface area contributed by atoms with Gasteiger partial charge < -0.3 is 20.1 Å². The Hall–Kier alpha value is -2.97. The fraction of sp³-hybridized carbons (Fsp3) is 0.500. The van der Waals surface area contributed by atoms with Crippen molar-refractivity contribution in [1.29, 1.82) is 0 Å². The smallest absolute Gasteiger partial charge is 0.317 e. The summed E-state index contributed by atoms with van der Waals surface area (Å²) in [6, 6.07) is 3.11. The molecule has 27 heavy (non-hydrogen) atoms. The number of pyridine rings is 1. The quantitative estimate of drug-likeness (QED) is 0.840. The van der Waals surface area contributed by atoms with E-state index in [0.29, 0.717) is 36.8 Å². The monoisotopic (exact) mass is 372 g/mol. The molecule has 3 heterocycles. The Morgan fingerprint density at radius 3 is 2.81 bits per heavy atom. The number of aromatic nitrogens is 3. The summed E-state index contributed by atoms with van der Waals surface area (Å²) in [5.41, 5.74) is 0.484. The number of nitrogens with one attached hydrogen (secondary N) is 2. The highest BCUT2D eigenvalue weighted by atomic mass is 16.5. The Bertz CT molecular complexity index is 791. The molecule has 1 fully saturated rings. The molecule has 2 aromatic heterocycles. The summed E-state index contributed by atoms with van der Waals surface area (Å²) in [4.78, 5) is 35.0. The van der Waals surface area contributed by atoms with Crippen LogP contribution in [0.5, 0.6) is 0 Å². The summed E-state index contributed by atoms with van der Waals surface area (Å²) in [6.07, 6.45) is 3.72. The number of aryl methyl sites for hydroxylation is 1. The lowest BCUT2D eigenvalue weighted by molar-refractivity contribution is 0.0895. The largest absolute Gasteiger partial charge is 0.348 e. The van der Waals surface area contributed by atoms with Crippen molar-refractivity contribution in [1.82, 2.24) is 30.7 Å². The van der Waals surface area contributed by atoms with Gasteiger partial charge in [-0.05, 0) is 39.3 Å². The zero-order valence-corrected chi connectivity index (χ0v) is 15.7. The molecule has 0 spiro atoms. The highest BCUT2D eigenvalue weighted by Gasteiger charge is 2.37. The van der Waals surface area contributed by atoms with Gasteiger partial charge >= 0.3 is 6.03 Å². The van der Waals surface area contributed by atoms with Gasteiger partial charge in [-0.25, -0.2) is 4.79 Å². The number of carbonyl (C=O) groups is 2. The van der Waals surface area contributed by atoms with E-state index in [1.807, 2.05) is 13.8 Å². The minimum Gasteiger partial charge on any atom is -0.348 e. The number of amides is 3. The topological polar surface area (TPSA) is 113 Å². The molecule has 2 atom stereocenters. The summed E-state index contributed by atoms with van der Waals surface area (Å²) < 4.78 is 5.35. The van der Waals surface area contributed by atoms with E-state index in [4.69, 9.17) is 4.52 Å². The van der Waals surface area contributed by atoms with Crippen molar-refractivity contribution < 1.29 is 14.1 Å². The number of rotatable bonds is 4. The van der Waals surface area contributed by atoms with Crippen molar-refractivity contribution in [3.63, 3.8) is 0 Å². The standard InChI is InChI=1S/C18H24N6O3/c1-11(2)20-18(26)24-8-6-15(14(10-24)17-21-12(3)23-27-17)22-16(25)13-5-4-7-19-9-13/h4-5,7,9,11,14-15H,6,8,10H2,1-3H3,(H,20,26)(H,22,25)/t14-,15+/m0/s1. The summed E-state index contributed by atoms with van der Waals surface area (Å²) in [5, 5.41) is 9.78. The molecule has 0 radical (unpaired) electrons. The predicted octanol–water partition coefficient (Wildman–Crippen LogP) is 1.48. The first-order valence-electron chi connectivity index (χ1n) is 9.00. The molecule has 0 aromatic carbocycles. The first kappa shape index (κ1) is 18.8.